The van der Waals surface area contributed by atoms with Crippen LogP contribution in [0, 0.1) is 13.8 Å². The lowest BCUT2D eigenvalue weighted by atomic mass is 10.2. The normalized spacial score (nSPS) is 12.8. The van der Waals surface area contributed by atoms with Crippen LogP contribution in [0.3, 0.4) is 0 Å². The number of rotatable bonds is 4. The van der Waals surface area contributed by atoms with E-state index in [0.29, 0.717) is 10.8 Å². The summed E-state index contributed by atoms with van der Waals surface area (Å²) >= 11 is 6.35. The van der Waals surface area contributed by atoms with E-state index < -0.39 is 0 Å². The Bertz CT molecular complexity index is 1330. The third kappa shape index (κ3) is 2.71. The van der Waals surface area contributed by atoms with Gasteiger partial charge in [-0.25, -0.2) is 19.2 Å². The fourth-order valence-electron chi connectivity index (χ4n) is 3.65. The van der Waals surface area contributed by atoms with Gasteiger partial charge < -0.3 is 0 Å². The molecule has 0 amide bonds. The Labute approximate surface area is 171 Å². The van der Waals surface area contributed by atoms with Crippen molar-refractivity contribution in [2.24, 2.45) is 0 Å². The predicted octanol–water partition coefficient (Wildman–Crippen LogP) is 3.93. The number of aryl methyl sites for hydroxylation is 1. The van der Waals surface area contributed by atoms with E-state index in [1.54, 1.807) is 17.0 Å². The highest BCUT2D eigenvalue weighted by atomic mass is 35.5. The molecule has 8 nitrogen and oxygen atoms in total. The molecule has 9 heteroatoms. The van der Waals surface area contributed by atoms with Gasteiger partial charge in [0.15, 0.2) is 17.1 Å². The van der Waals surface area contributed by atoms with Crippen LogP contribution in [0.4, 0.5) is 0 Å². The minimum atomic E-state index is -0.111. The Balaban J connectivity index is 1.66. The first kappa shape index (κ1) is 17.8. The van der Waals surface area contributed by atoms with Crippen molar-refractivity contribution < 1.29 is 0 Å². The third-order valence-corrected chi connectivity index (χ3v) is 5.69. The summed E-state index contributed by atoms with van der Waals surface area (Å²) in [6.45, 7) is 5.95. The molecule has 0 N–H and O–H groups in total. The summed E-state index contributed by atoms with van der Waals surface area (Å²) in [5, 5.41) is 15.3. The summed E-state index contributed by atoms with van der Waals surface area (Å²) in [7, 11) is 0. The van der Waals surface area contributed by atoms with Gasteiger partial charge in [-0.2, -0.15) is 10.2 Å². The van der Waals surface area contributed by atoms with Crippen molar-refractivity contribution in [3.05, 3.63) is 65.1 Å². The standard InChI is InChI=1S/C20H19ClN8/c1-4-16(28-13(3)17(21)12(2)25-28)18-24-20-15-10-23-29(14-8-6-5-7-9-14)19(15)22-11-27(20)26-18/h5-11,16H,4H2,1-3H3. The molecule has 0 saturated carbocycles. The number of hydrogen-bond donors (Lipinski definition) is 0. The lowest BCUT2D eigenvalue weighted by Gasteiger charge is -2.13. The molecule has 0 aliphatic rings. The van der Waals surface area contributed by atoms with Gasteiger partial charge in [-0.3, -0.25) is 4.68 Å². The minimum absolute atomic E-state index is 0.111. The van der Waals surface area contributed by atoms with Crippen LogP contribution >= 0.6 is 11.6 Å². The molecule has 0 radical (unpaired) electrons. The van der Waals surface area contributed by atoms with Crippen LogP contribution < -0.4 is 0 Å². The zero-order valence-electron chi connectivity index (χ0n) is 16.3. The molecule has 0 aliphatic heterocycles. The maximum Gasteiger partial charge on any atom is 0.176 e. The van der Waals surface area contributed by atoms with Crippen molar-refractivity contribution >= 4 is 28.3 Å². The molecule has 0 aliphatic carbocycles. The van der Waals surface area contributed by atoms with Crippen LogP contribution in [-0.2, 0) is 0 Å². The highest BCUT2D eigenvalue weighted by Crippen LogP contribution is 2.28. The second-order valence-electron chi connectivity index (χ2n) is 6.97. The molecule has 4 heterocycles. The van der Waals surface area contributed by atoms with Gasteiger partial charge in [-0.05, 0) is 32.4 Å². The van der Waals surface area contributed by atoms with Gasteiger partial charge in [0.1, 0.15) is 12.4 Å². The van der Waals surface area contributed by atoms with E-state index in [2.05, 4.69) is 27.2 Å². The summed E-state index contributed by atoms with van der Waals surface area (Å²) in [4.78, 5) is 9.40. The molecule has 1 aromatic carbocycles. The van der Waals surface area contributed by atoms with Crippen molar-refractivity contribution in [3.63, 3.8) is 0 Å². The Morgan fingerprint density at radius 3 is 2.55 bits per heavy atom. The molecule has 0 fully saturated rings. The SMILES string of the molecule is CCC(c1nc2c3cnn(-c4ccccc4)c3ncn2n1)n1nc(C)c(Cl)c1C. The van der Waals surface area contributed by atoms with Gasteiger partial charge in [-0.15, -0.1) is 5.10 Å². The number of halogens is 1. The summed E-state index contributed by atoms with van der Waals surface area (Å²) in [5.74, 6) is 0.677. The Morgan fingerprint density at radius 2 is 1.86 bits per heavy atom. The monoisotopic (exact) mass is 406 g/mol. The Kier molecular flexibility index (Phi) is 4.09. The van der Waals surface area contributed by atoms with Crippen molar-refractivity contribution in [2.75, 3.05) is 0 Å². The highest BCUT2D eigenvalue weighted by molar-refractivity contribution is 6.31. The molecule has 5 aromatic rings. The zero-order chi connectivity index (χ0) is 20.1. The molecule has 0 bridgehead atoms. The van der Waals surface area contributed by atoms with Crippen LogP contribution in [0.25, 0.3) is 22.4 Å². The summed E-state index contributed by atoms with van der Waals surface area (Å²) in [6.07, 6.45) is 4.25. The van der Waals surface area contributed by atoms with Gasteiger partial charge in [0, 0.05) is 0 Å². The van der Waals surface area contributed by atoms with Gasteiger partial charge in [0.25, 0.3) is 0 Å². The molecule has 0 saturated heterocycles. The molecule has 146 valence electrons. The second-order valence-corrected chi connectivity index (χ2v) is 7.34. The average Bonchev–Trinajstić information content (AvgIpc) is 3.42. The number of hydrogen-bond acceptors (Lipinski definition) is 5. The number of benzene rings is 1. The summed E-state index contributed by atoms with van der Waals surface area (Å²) < 4.78 is 5.41. The molecule has 5 rings (SSSR count). The van der Waals surface area contributed by atoms with E-state index >= 15 is 0 Å². The molecule has 1 atom stereocenters. The molecule has 29 heavy (non-hydrogen) atoms. The van der Waals surface area contributed by atoms with E-state index in [1.165, 1.54) is 0 Å². The molecule has 0 spiro atoms. The number of aromatic nitrogens is 8. The first-order valence-electron chi connectivity index (χ1n) is 9.44. The number of nitrogens with zero attached hydrogens (tertiary/aromatic N) is 8. The Hall–Kier alpha value is -3.26. The van der Waals surface area contributed by atoms with Crippen molar-refractivity contribution in [2.45, 2.75) is 33.2 Å². The molecule has 4 aromatic heterocycles. The topological polar surface area (TPSA) is 78.7 Å². The molecular weight excluding hydrogens is 388 g/mol. The van der Waals surface area contributed by atoms with Crippen LogP contribution in [0.5, 0.6) is 0 Å². The zero-order valence-corrected chi connectivity index (χ0v) is 17.0. The van der Waals surface area contributed by atoms with E-state index in [1.807, 2.05) is 53.5 Å². The van der Waals surface area contributed by atoms with E-state index in [9.17, 15) is 0 Å². The van der Waals surface area contributed by atoms with Gasteiger partial charge in [0.05, 0.1) is 33.7 Å². The third-order valence-electron chi connectivity index (χ3n) is 5.14. The first-order valence-corrected chi connectivity index (χ1v) is 9.82. The first-order chi connectivity index (χ1) is 14.1. The molecular formula is C20H19ClN8. The van der Waals surface area contributed by atoms with E-state index in [-0.39, 0.29) is 6.04 Å². The fraction of sp³-hybridized carbons (Fsp3) is 0.250. The van der Waals surface area contributed by atoms with Gasteiger partial charge >= 0.3 is 0 Å². The van der Waals surface area contributed by atoms with Crippen LogP contribution in [0.15, 0.2) is 42.9 Å². The largest absolute Gasteiger partial charge is 0.257 e. The van der Waals surface area contributed by atoms with Crippen LogP contribution in [0.2, 0.25) is 5.02 Å². The summed E-state index contributed by atoms with van der Waals surface area (Å²) in [6, 6.07) is 9.80. The Morgan fingerprint density at radius 1 is 1.07 bits per heavy atom. The van der Waals surface area contributed by atoms with E-state index in [0.717, 1.165) is 40.2 Å². The maximum absolute atomic E-state index is 6.35. The average molecular weight is 407 g/mol. The van der Waals surface area contributed by atoms with Crippen molar-refractivity contribution in [1.29, 1.82) is 0 Å². The predicted molar refractivity (Wildman–Crippen MR) is 111 cm³/mol. The number of para-hydroxylation sites is 1. The fourth-order valence-corrected chi connectivity index (χ4v) is 3.77. The van der Waals surface area contributed by atoms with Gasteiger partial charge in [0.2, 0.25) is 0 Å². The van der Waals surface area contributed by atoms with Crippen molar-refractivity contribution in [1.82, 2.24) is 39.1 Å². The lowest BCUT2D eigenvalue weighted by Crippen LogP contribution is -2.14. The van der Waals surface area contributed by atoms with Crippen LogP contribution in [0.1, 0.15) is 36.6 Å². The maximum atomic E-state index is 6.35. The quantitative estimate of drug-likeness (QED) is 0.452. The number of fused-ring (bicyclic) bond motifs is 3. The summed E-state index contributed by atoms with van der Waals surface area (Å²) in [5.41, 5.74) is 4.13. The lowest BCUT2D eigenvalue weighted by molar-refractivity contribution is 0.472. The highest BCUT2D eigenvalue weighted by Gasteiger charge is 2.23. The van der Waals surface area contributed by atoms with Crippen molar-refractivity contribution in [3.8, 4) is 5.69 Å². The van der Waals surface area contributed by atoms with Gasteiger partial charge in [-0.1, -0.05) is 36.7 Å². The van der Waals surface area contributed by atoms with E-state index in [4.69, 9.17) is 16.6 Å². The molecule has 1 unspecified atom stereocenters. The minimum Gasteiger partial charge on any atom is -0.257 e. The second kappa shape index (κ2) is 6.66. The van der Waals surface area contributed by atoms with Crippen LogP contribution in [-0.4, -0.2) is 39.1 Å². The smallest absolute Gasteiger partial charge is 0.176 e.